The predicted octanol–water partition coefficient (Wildman–Crippen LogP) is 1.41. The first kappa shape index (κ1) is 13.3. The molecule has 1 aromatic heterocycles. The van der Waals surface area contributed by atoms with Crippen molar-refractivity contribution in [1.82, 2.24) is 4.98 Å². The number of anilines is 3. The number of nitrogens with zero attached hydrogens (tertiary/aromatic N) is 2. The van der Waals surface area contributed by atoms with Crippen molar-refractivity contribution in [1.29, 1.82) is 0 Å². The second-order valence-electron chi connectivity index (χ2n) is 3.96. The minimum atomic E-state index is -0.812. The Labute approximate surface area is 113 Å². The molecule has 0 aliphatic rings. The summed E-state index contributed by atoms with van der Waals surface area (Å²) in [6.45, 7) is 0. The van der Waals surface area contributed by atoms with Gasteiger partial charge in [0.2, 0.25) is 0 Å². The molecule has 0 atom stereocenters. The molecule has 0 spiro atoms. The Morgan fingerprint density at radius 2 is 2.10 bits per heavy atom. The Hall–Kier alpha value is -3.16. The van der Waals surface area contributed by atoms with Crippen LogP contribution in [0.4, 0.5) is 22.9 Å². The largest absolute Gasteiger partial charge is 0.399 e. The van der Waals surface area contributed by atoms with Gasteiger partial charge in [-0.1, -0.05) is 6.07 Å². The molecule has 0 unspecified atom stereocenters. The second-order valence-corrected chi connectivity index (χ2v) is 3.96. The normalized spacial score (nSPS) is 10.0. The summed E-state index contributed by atoms with van der Waals surface area (Å²) in [5, 5.41) is 13.5. The zero-order valence-electron chi connectivity index (χ0n) is 10.2. The number of nitrogens with two attached hydrogens (primary N) is 2. The lowest BCUT2D eigenvalue weighted by Gasteiger charge is -2.09. The number of nitrogen functional groups attached to an aromatic ring is 1. The molecule has 8 heteroatoms. The van der Waals surface area contributed by atoms with Gasteiger partial charge in [-0.15, -0.1) is 0 Å². The van der Waals surface area contributed by atoms with Crippen molar-refractivity contribution in [3.8, 4) is 0 Å². The van der Waals surface area contributed by atoms with Crippen molar-refractivity contribution in [2.45, 2.75) is 0 Å². The summed E-state index contributed by atoms with van der Waals surface area (Å²) in [7, 11) is 0. The van der Waals surface area contributed by atoms with Gasteiger partial charge in [0.15, 0.2) is 0 Å². The molecule has 0 saturated heterocycles. The van der Waals surface area contributed by atoms with E-state index in [1.54, 1.807) is 24.3 Å². The summed E-state index contributed by atoms with van der Waals surface area (Å²) in [5.74, 6) is -0.679. The summed E-state index contributed by atoms with van der Waals surface area (Å²) < 4.78 is 0. The average Bonchev–Trinajstić information content (AvgIpc) is 2.38. The highest BCUT2D eigenvalue weighted by atomic mass is 16.6. The van der Waals surface area contributed by atoms with E-state index in [0.29, 0.717) is 11.4 Å². The van der Waals surface area contributed by atoms with Gasteiger partial charge in [0.25, 0.3) is 11.6 Å². The van der Waals surface area contributed by atoms with E-state index in [9.17, 15) is 14.9 Å². The number of carbonyl (C=O) groups excluding carboxylic acids is 1. The lowest BCUT2D eigenvalue weighted by atomic mass is 10.2. The molecule has 8 nitrogen and oxygen atoms in total. The van der Waals surface area contributed by atoms with Gasteiger partial charge < -0.3 is 16.8 Å². The fourth-order valence-corrected chi connectivity index (χ4v) is 1.59. The monoisotopic (exact) mass is 273 g/mol. The van der Waals surface area contributed by atoms with Gasteiger partial charge in [-0.3, -0.25) is 14.9 Å². The first-order valence-electron chi connectivity index (χ1n) is 5.54. The molecule has 2 rings (SSSR count). The Balaban J connectivity index is 2.41. The van der Waals surface area contributed by atoms with E-state index in [2.05, 4.69) is 10.3 Å². The van der Waals surface area contributed by atoms with E-state index in [1.807, 2.05) is 0 Å². The molecule has 1 heterocycles. The number of hydrogen-bond acceptors (Lipinski definition) is 6. The van der Waals surface area contributed by atoms with Crippen LogP contribution in [0.15, 0.2) is 36.5 Å². The van der Waals surface area contributed by atoms with Crippen LogP contribution in [0, 0.1) is 10.1 Å². The molecule has 5 N–H and O–H groups in total. The number of hydrogen-bond donors (Lipinski definition) is 3. The van der Waals surface area contributed by atoms with Crippen molar-refractivity contribution in [3.63, 3.8) is 0 Å². The summed E-state index contributed by atoms with van der Waals surface area (Å²) in [4.78, 5) is 25.2. The molecule has 1 aromatic carbocycles. The maximum atomic E-state index is 11.3. The summed E-state index contributed by atoms with van der Waals surface area (Å²) in [6.07, 6.45) is 1.04. The number of rotatable bonds is 4. The van der Waals surface area contributed by atoms with Crippen LogP contribution in [0.5, 0.6) is 0 Å². The van der Waals surface area contributed by atoms with Crippen LogP contribution in [0.3, 0.4) is 0 Å². The van der Waals surface area contributed by atoms with Crippen LogP contribution >= 0.6 is 0 Å². The maximum Gasteiger partial charge on any atom is 0.288 e. The van der Waals surface area contributed by atoms with Crippen LogP contribution in [0.25, 0.3) is 0 Å². The number of primary amides is 1. The zero-order chi connectivity index (χ0) is 14.7. The third-order valence-corrected chi connectivity index (χ3v) is 2.50. The van der Waals surface area contributed by atoms with Crippen LogP contribution in [0.1, 0.15) is 10.4 Å². The fraction of sp³-hybridized carbons (Fsp3) is 0. The Morgan fingerprint density at radius 3 is 2.70 bits per heavy atom. The zero-order valence-corrected chi connectivity index (χ0v) is 10.2. The maximum absolute atomic E-state index is 11.3. The highest BCUT2D eigenvalue weighted by Gasteiger charge is 2.16. The quantitative estimate of drug-likeness (QED) is 0.437. The van der Waals surface area contributed by atoms with E-state index in [0.717, 1.165) is 12.3 Å². The summed E-state index contributed by atoms with van der Waals surface area (Å²) in [6, 6.07) is 7.83. The van der Waals surface area contributed by atoms with Gasteiger partial charge in [0, 0.05) is 17.4 Å². The van der Waals surface area contributed by atoms with Gasteiger partial charge in [0.05, 0.1) is 10.5 Å². The third-order valence-electron chi connectivity index (χ3n) is 2.50. The topological polar surface area (TPSA) is 137 Å². The molecule has 2 aromatic rings. The van der Waals surface area contributed by atoms with Crippen molar-refractivity contribution >= 4 is 28.8 Å². The van der Waals surface area contributed by atoms with Crippen molar-refractivity contribution in [3.05, 3.63) is 52.2 Å². The van der Waals surface area contributed by atoms with E-state index in [-0.39, 0.29) is 17.1 Å². The van der Waals surface area contributed by atoms with Gasteiger partial charge >= 0.3 is 0 Å². The Kier molecular flexibility index (Phi) is 3.47. The summed E-state index contributed by atoms with van der Waals surface area (Å²) in [5.41, 5.74) is 11.6. The first-order chi connectivity index (χ1) is 9.47. The van der Waals surface area contributed by atoms with Crippen LogP contribution in [-0.2, 0) is 0 Å². The van der Waals surface area contributed by atoms with E-state index >= 15 is 0 Å². The highest BCUT2D eigenvalue weighted by molar-refractivity contribution is 5.98. The second kappa shape index (κ2) is 5.22. The number of nitrogens with one attached hydrogen (secondary N) is 1. The van der Waals surface area contributed by atoms with Crippen LogP contribution in [-0.4, -0.2) is 15.8 Å². The van der Waals surface area contributed by atoms with Gasteiger partial charge in [-0.05, 0) is 18.2 Å². The number of aromatic nitrogens is 1. The average molecular weight is 273 g/mol. The molecule has 0 saturated carbocycles. The lowest BCUT2D eigenvalue weighted by Crippen LogP contribution is -2.14. The molecule has 0 aliphatic carbocycles. The van der Waals surface area contributed by atoms with E-state index in [4.69, 9.17) is 11.5 Å². The predicted molar refractivity (Wildman–Crippen MR) is 73.5 cm³/mol. The number of pyridine rings is 1. The molecular formula is C12H11N5O3. The number of benzene rings is 1. The Morgan fingerprint density at radius 1 is 1.35 bits per heavy atom. The van der Waals surface area contributed by atoms with Crippen molar-refractivity contribution in [2.75, 3.05) is 11.1 Å². The van der Waals surface area contributed by atoms with Crippen LogP contribution < -0.4 is 16.8 Å². The molecule has 0 fully saturated rings. The van der Waals surface area contributed by atoms with E-state index in [1.165, 1.54) is 0 Å². The smallest absolute Gasteiger partial charge is 0.288 e. The van der Waals surface area contributed by atoms with Crippen molar-refractivity contribution < 1.29 is 9.72 Å². The fourth-order valence-electron chi connectivity index (χ4n) is 1.59. The van der Waals surface area contributed by atoms with Crippen molar-refractivity contribution in [2.24, 2.45) is 5.73 Å². The molecular weight excluding hydrogens is 262 g/mol. The molecule has 1 amide bonds. The third kappa shape index (κ3) is 2.80. The molecule has 20 heavy (non-hydrogen) atoms. The molecule has 0 bridgehead atoms. The van der Waals surface area contributed by atoms with Gasteiger partial charge in [-0.25, -0.2) is 4.98 Å². The molecule has 0 radical (unpaired) electrons. The Bertz CT molecular complexity index is 687. The number of amides is 1. The van der Waals surface area contributed by atoms with Gasteiger partial charge in [-0.2, -0.15) is 0 Å². The van der Waals surface area contributed by atoms with E-state index < -0.39 is 10.8 Å². The minimum Gasteiger partial charge on any atom is -0.399 e. The minimum absolute atomic E-state index is 0.0679. The van der Waals surface area contributed by atoms with Crippen LogP contribution in [0.2, 0.25) is 0 Å². The van der Waals surface area contributed by atoms with Gasteiger partial charge in [0.1, 0.15) is 12.0 Å². The summed E-state index contributed by atoms with van der Waals surface area (Å²) >= 11 is 0. The molecule has 0 aliphatic heterocycles. The first-order valence-corrected chi connectivity index (χ1v) is 5.54. The number of carbonyl (C=O) groups is 1. The standard InChI is InChI=1S/C12H11N5O3/c13-7-2-1-3-8(4-7)16-12-10(11(14)18)5-9(6-15-12)17(19)20/h1-6H,13H2,(H2,14,18)(H,15,16). The molecule has 102 valence electrons. The number of nitro groups is 1. The highest BCUT2D eigenvalue weighted by Crippen LogP contribution is 2.23. The lowest BCUT2D eigenvalue weighted by molar-refractivity contribution is -0.385. The SMILES string of the molecule is NC(=O)c1cc([N+](=O)[O-])cnc1Nc1cccc(N)c1.